The Kier molecular flexibility index (Phi) is 4.86. The van der Waals surface area contributed by atoms with E-state index in [9.17, 15) is 0 Å². The van der Waals surface area contributed by atoms with Crippen LogP contribution in [0.25, 0.3) is 0 Å². The van der Waals surface area contributed by atoms with Crippen LogP contribution in [0.5, 0.6) is 0 Å². The standard InChI is InChI=1S/C12H21N3OS/c1-9(2)5-8-17-12-15-14-11(16-12)10-3-6-13-7-4-10/h9-10,13H,3-8H2,1-2H3. The third-order valence-electron chi connectivity index (χ3n) is 3.03. The van der Waals surface area contributed by atoms with E-state index >= 15 is 0 Å². The van der Waals surface area contributed by atoms with Crippen LogP contribution >= 0.6 is 11.8 Å². The molecule has 0 atom stereocenters. The molecule has 17 heavy (non-hydrogen) atoms. The number of rotatable bonds is 5. The van der Waals surface area contributed by atoms with Crippen LogP contribution in [0.4, 0.5) is 0 Å². The van der Waals surface area contributed by atoms with Gasteiger partial charge in [-0.25, -0.2) is 0 Å². The molecule has 5 heteroatoms. The summed E-state index contributed by atoms with van der Waals surface area (Å²) in [5.74, 6) is 3.09. The van der Waals surface area contributed by atoms with Crippen LogP contribution in [0.15, 0.2) is 9.64 Å². The van der Waals surface area contributed by atoms with Crippen molar-refractivity contribution in [3.63, 3.8) is 0 Å². The van der Waals surface area contributed by atoms with Crippen LogP contribution in [0.3, 0.4) is 0 Å². The van der Waals surface area contributed by atoms with E-state index in [2.05, 4.69) is 29.4 Å². The van der Waals surface area contributed by atoms with E-state index in [4.69, 9.17) is 4.42 Å². The predicted octanol–water partition coefficient (Wildman–Crippen LogP) is 2.67. The fourth-order valence-corrected chi connectivity index (χ4v) is 2.90. The fraction of sp³-hybridized carbons (Fsp3) is 0.833. The van der Waals surface area contributed by atoms with E-state index < -0.39 is 0 Å². The molecule has 2 rings (SSSR count). The Hall–Kier alpha value is -0.550. The molecule has 1 aromatic rings. The normalized spacial score (nSPS) is 17.8. The molecule has 0 unspecified atom stereocenters. The number of aromatic nitrogens is 2. The van der Waals surface area contributed by atoms with Gasteiger partial charge in [-0.15, -0.1) is 10.2 Å². The SMILES string of the molecule is CC(C)CCSc1nnc(C2CCNCC2)o1. The second-order valence-corrected chi connectivity index (χ2v) is 6.01. The van der Waals surface area contributed by atoms with Gasteiger partial charge >= 0.3 is 0 Å². The van der Waals surface area contributed by atoms with Gasteiger partial charge in [0.2, 0.25) is 5.89 Å². The summed E-state index contributed by atoms with van der Waals surface area (Å²) in [6.45, 7) is 6.58. The molecule has 0 spiro atoms. The lowest BCUT2D eigenvalue weighted by Crippen LogP contribution is -2.26. The van der Waals surface area contributed by atoms with Crippen LogP contribution in [-0.2, 0) is 0 Å². The predicted molar refractivity (Wildman–Crippen MR) is 69.3 cm³/mol. The molecule has 0 amide bonds. The van der Waals surface area contributed by atoms with Crippen molar-refractivity contribution in [1.82, 2.24) is 15.5 Å². The molecule has 2 heterocycles. The van der Waals surface area contributed by atoms with E-state index in [0.29, 0.717) is 5.92 Å². The van der Waals surface area contributed by atoms with Crippen molar-refractivity contribution in [2.75, 3.05) is 18.8 Å². The zero-order chi connectivity index (χ0) is 12.1. The zero-order valence-electron chi connectivity index (χ0n) is 10.6. The van der Waals surface area contributed by atoms with E-state index in [1.165, 1.54) is 6.42 Å². The van der Waals surface area contributed by atoms with Crippen LogP contribution in [-0.4, -0.2) is 29.0 Å². The minimum atomic E-state index is 0.461. The first-order chi connectivity index (χ1) is 8.25. The molecule has 1 saturated heterocycles. The smallest absolute Gasteiger partial charge is 0.276 e. The third kappa shape index (κ3) is 4.00. The molecule has 1 aromatic heterocycles. The summed E-state index contributed by atoms with van der Waals surface area (Å²) < 4.78 is 5.72. The summed E-state index contributed by atoms with van der Waals surface area (Å²) in [7, 11) is 0. The van der Waals surface area contributed by atoms with Crippen molar-refractivity contribution in [2.45, 2.75) is 44.3 Å². The Labute approximate surface area is 107 Å². The molecule has 1 N–H and O–H groups in total. The van der Waals surface area contributed by atoms with Crippen molar-refractivity contribution in [1.29, 1.82) is 0 Å². The molecule has 0 aliphatic carbocycles. The van der Waals surface area contributed by atoms with Crippen molar-refractivity contribution >= 4 is 11.8 Å². The Morgan fingerprint density at radius 3 is 2.82 bits per heavy atom. The van der Waals surface area contributed by atoms with Gasteiger partial charge in [0, 0.05) is 11.7 Å². The van der Waals surface area contributed by atoms with Gasteiger partial charge in [-0.3, -0.25) is 0 Å². The van der Waals surface area contributed by atoms with Gasteiger partial charge in [0.25, 0.3) is 5.22 Å². The number of nitrogens with zero attached hydrogens (tertiary/aromatic N) is 2. The maximum Gasteiger partial charge on any atom is 0.276 e. The van der Waals surface area contributed by atoms with Gasteiger partial charge in [-0.1, -0.05) is 25.6 Å². The van der Waals surface area contributed by atoms with Gasteiger partial charge in [-0.2, -0.15) is 0 Å². The maximum absolute atomic E-state index is 5.72. The summed E-state index contributed by atoms with van der Waals surface area (Å²) in [6, 6.07) is 0. The number of hydrogen-bond acceptors (Lipinski definition) is 5. The quantitative estimate of drug-likeness (QED) is 0.820. The second kappa shape index (κ2) is 6.40. The van der Waals surface area contributed by atoms with E-state index in [-0.39, 0.29) is 0 Å². The van der Waals surface area contributed by atoms with Gasteiger partial charge in [0.1, 0.15) is 0 Å². The van der Waals surface area contributed by atoms with Gasteiger partial charge in [-0.05, 0) is 38.3 Å². The Balaban J connectivity index is 1.82. The number of nitrogens with one attached hydrogen (secondary N) is 1. The van der Waals surface area contributed by atoms with Gasteiger partial charge < -0.3 is 9.73 Å². The topological polar surface area (TPSA) is 51.0 Å². The van der Waals surface area contributed by atoms with Crippen molar-refractivity contribution in [3.8, 4) is 0 Å². The summed E-state index contributed by atoms with van der Waals surface area (Å²) in [5, 5.41) is 12.4. The van der Waals surface area contributed by atoms with Crippen LogP contribution < -0.4 is 5.32 Å². The highest BCUT2D eigenvalue weighted by atomic mass is 32.2. The van der Waals surface area contributed by atoms with E-state index in [0.717, 1.165) is 48.7 Å². The minimum absolute atomic E-state index is 0.461. The largest absolute Gasteiger partial charge is 0.416 e. The summed E-state index contributed by atoms with van der Waals surface area (Å²) in [5.41, 5.74) is 0. The van der Waals surface area contributed by atoms with Crippen molar-refractivity contribution < 1.29 is 4.42 Å². The van der Waals surface area contributed by atoms with Gasteiger partial charge in [0.05, 0.1) is 0 Å². The van der Waals surface area contributed by atoms with E-state index in [1.54, 1.807) is 11.8 Å². The Morgan fingerprint density at radius 2 is 2.12 bits per heavy atom. The molecular formula is C12H21N3OS. The lowest BCUT2D eigenvalue weighted by molar-refractivity contribution is 0.342. The molecule has 0 radical (unpaired) electrons. The number of hydrogen-bond donors (Lipinski definition) is 1. The highest BCUT2D eigenvalue weighted by molar-refractivity contribution is 7.99. The number of piperidine rings is 1. The second-order valence-electron chi connectivity index (χ2n) is 4.96. The highest BCUT2D eigenvalue weighted by Crippen LogP contribution is 2.27. The molecule has 0 aromatic carbocycles. The third-order valence-corrected chi connectivity index (χ3v) is 3.88. The maximum atomic E-state index is 5.72. The molecule has 0 saturated carbocycles. The van der Waals surface area contributed by atoms with Crippen molar-refractivity contribution in [2.24, 2.45) is 5.92 Å². The average molecular weight is 255 g/mol. The first-order valence-corrected chi connectivity index (χ1v) is 7.41. The molecule has 4 nitrogen and oxygen atoms in total. The molecule has 1 aliphatic rings. The number of thioether (sulfide) groups is 1. The van der Waals surface area contributed by atoms with Crippen LogP contribution in [0.1, 0.15) is 44.9 Å². The minimum Gasteiger partial charge on any atom is -0.416 e. The Bertz CT molecular complexity index is 334. The molecule has 1 fully saturated rings. The molecule has 1 aliphatic heterocycles. The summed E-state index contributed by atoms with van der Waals surface area (Å²) in [6.07, 6.45) is 3.41. The molecular weight excluding hydrogens is 234 g/mol. The molecule has 96 valence electrons. The van der Waals surface area contributed by atoms with Crippen LogP contribution in [0, 0.1) is 5.92 Å². The van der Waals surface area contributed by atoms with Crippen LogP contribution in [0.2, 0.25) is 0 Å². The average Bonchev–Trinajstić information content (AvgIpc) is 2.78. The summed E-state index contributed by atoms with van der Waals surface area (Å²) >= 11 is 1.68. The first kappa shape index (κ1) is 12.9. The lowest BCUT2D eigenvalue weighted by Gasteiger charge is -2.18. The monoisotopic (exact) mass is 255 g/mol. The molecule has 0 bridgehead atoms. The highest BCUT2D eigenvalue weighted by Gasteiger charge is 2.21. The van der Waals surface area contributed by atoms with Gasteiger partial charge in [0.15, 0.2) is 0 Å². The first-order valence-electron chi connectivity index (χ1n) is 6.42. The summed E-state index contributed by atoms with van der Waals surface area (Å²) in [4.78, 5) is 0. The lowest BCUT2D eigenvalue weighted by atomic mass is 9.98. The van der Waals surface area contributed by atoms with Crippen molar-refractivity contribution in [3.05, 3.63) is 5.89 Å². The Morgan fingerprint density at radius 1 is 1.35 bits per heavy atom. The fourth-order valence-electron chi connectivity index (χ4n) is 1.89. The van der Waals surface area contributed by atoms with E-state index in [1.807, 2.05) is 0 Å². The zero-order valence-corrected chi connectivity index (χ0v) is 11.4.